The third-order valence-electron chi connectivity index (χ3n) is 7.37. The molecule has 218 valence electrons. The predicted molar refractivity (Wildman–Crippen MR) is 160 cm³/mol. The van der Waals surface area contributed by atoms with Crippen LogP contribution in [0.25, 0.3) is 5.76 Å². The van der Waals surface area contributed by atoms with Crippen LogP contribution >= 0.6 is 0 Å². The maximum atomic E-state index is 13.6. The Bertz CT molecular complexity index is 1670. The second kappa shape index (κ2) is 12.3. The third-order valence-corrected chi connectivity index (χ3v) is 7.37. The summed E-state index contributed by atoms with van der Waals surface area (Å²) in [4.78, 5) is 28.6. The van der Waals surface area contributed by atoms with Crippen LogP contribution in [0.2, 0.25) is 0 Å². The summed E-state index contributed by atoms with van der Waals surface area (Å²) in [7, 11) is 0. The third kappa shape index (κ3) is 5.77. The number of fused-ring (bicyclic) bond motifs is 1. The number of hydrogen-bond donors (Lipinski definition) is 1. The van der Waals surface area contributed by atoms with Gasteiger partial charge >= 0.3 is 0 Å². The number of aliphatic hydroxyl groups is 1. The van der Waals surface area contributed by atoms with Crippen molar-refractivity contribution in [3.8, 4) is 23.0 Å². The number of hydrogen-bond acceptors (Lipinski definition) is 7. The number of ketones is 1. The van der Waals surface area contributed by atoms with Gasteiger partial charge in [0.2, 0.25) is 0 Å². The Morgan fingerprint density at radius 1 is 0.814 bits per heavy atom. The lowest BCUT2D eigenvalue weighted by atomic mass is 9.94. The van der Waals surface area contributed by atoms with E-state index >= 15 is 0 Å². The van der Waals surface area contributed by atoms with Gasteiger partial charge in [0.05, 0.1) is 18.2 Å². The molecule has 0 unspecified atom stereocenters. The Hall–Kier alpha value is -5.24. The van der Waals surface area contributed by atoms with Crippen LogP contribution < -0.4 is 18.9 Å². The maximum Gasteiger partial charge on any atom is 0.295 e. The van der Waals surface area contributed by atoms with E-state index in [1.807, 2.05) is 67.6 Å². The zero-order valence-electron chi connectivity index (χ0n) is 23.7. The molecule has 1 amide bonds. The van der Waals surface area contributed by atoms with E-state index in [1.54, 1.807) is 36.4 Å². The number of rotatable bonds is 9. The van der Waals surface area contributed by atoms with Crippen molar-refractivity contribution in [2.24, 2.45) is 0 Å². The maximum absolute atomic E-state index is 13.6. The van der Waals surface area contributed by atoms with Crippen molar-refractivity contribution in [1.29, 1.82) is 0 Å². The average molecular weight is 578 g/mol. The number of carbonyl (C=O) groups excluding carboxylic acids is 2. The van der Waals surface area contributed by atoms with E-state index in [2.05, 4.69) is 0 Å². The number of ether oxygens (including phenoxy) is 4. The first kappa shape index (κ1) is 27.9. The van der Waals surface area contributed by atoms with E-state index in [0.29, 0.717) is 60.6 Å². The van der Waals surface area contributed by atoms with E-state index in [-0.39, 0.29) is 17.9 Å². The smallest absolute Gasteiger partial charge is 0.295 e. The van der Waals surface area contributed by atoms with Gasteiger partial charge in [0.1, 0.15) is 25.6 Å². The quantitative estimate of drug-likeness (QED) is 0.147. The lowest BCUT2D eigenvalue weighted by Crippen LogP contribution is -2.29. The van der Waals surface area contributed by atoms with Crippen LogP contribution in [0, 0.1) is 0 Å². The molecule has 1 atom stereocenters. The van der Waals surface area contributed by atoms with Crippen molar-refractivity contribution in [3.63, 3.8) is 0 Å². The first-order chi connectivity index (χ1) is 21.0. The van der Waals surface area contributed by atoms with Crippen molar-refractivity contribution in [3.05, 3.63) is 125 Å². The van der Waals surface area contributed by atoms with Crippen molar-refractivity contribution in [1.82, 2.24) is 4.90 Å². The van der Waals surface area contributed by atoms with Gasteiger partial charge in [0, 0.05) is 12.1 Å². The molecule has 43 heavy (non-hydrogen) atoms. The van der Waals surface area contributed by atoms with Gasteiger partial charge in [-0.1, -0.05) is 66.7 Å². The van der Waals surface area contributed by atoms with E-state index in [0.717, 1.165) is 11.1 Å². The van der Waals surface area contributed by atoms with Crippen LogP contribution in [-0.2, 0) is 22.7 Å². The molecular formula is C35H31NO7. The SMILES string of the molecule is CCOc1cc([C@H]2C(=C(O)c3ccc4c(c3)OCCO4)C(=O)C(=O)N2Cc2ccccc2)ccc1OCc1ccccc1. The zero-order valence-corrected chi connectivity index (χ0v) is 23.7. The summed E-state index contributed by atoms with van der Waals surface area (Å²) in [5.74, 6) is 0.256. The summed E-state index contributed by atoms with van der Waals surface area (Å²) < 4.78 is 23.4. The number of likely N-dealkylation sites (tertiary alicyclic amines) is 1. The molecule has 8 heteroatoms. The minimum absolute atomic E-state index is 0.0157. The van der Waals surface area contributed by atoms with E-state index in [9.17, 15) is 14.7 Å². The Kier molecular flexibility index (Phi) is 8.00. The Balaban J connectivity index is 1.43. The second-order valence-electron chi connectivity index (χ2n) is 10.2. The number of carbonyl (C=O) groups is 2. The topological polar surface area (TPSA) is 94.5 Å². The van der Waals surface area contributed by atoms with Gasteiger partial charge < -0.3 is 29.0 Å². The van der Waals surface area contributed by atoms with E-state index < -0.39 is 17.7 Å². The number of amides is 1. The molecule has 6 rings (SSSR count). The molecule has 8 nitrogen and oxygen atoms in total. The average Bonchev–Trinajstić information content (AvgIpc) is 3.29. The second-order valence-corrected chi connectivity index (χ2v) is 10.2. The normalized spacial score (nSPS) is 17.1. The number of Topliss-reactive ketones (excluding diaryl/α,β-unsaturated/α-hetero) is 1. The lowest BCUT2D eigenvalue weighted by Gasteiger charge is -2.26. The highest BCUT2D eigenvalue weighted by Crippen LogP contribution is 2.44. The van der Waals surface area contributed by atoms with E-state index in [1.165, 1.54) is 4.90 Å². The van der Waals surface area contributed by atoms with E-state index in [4.69, 9.17) is 18.9 Å². The van der Waals surface area contributed by atoms with Gasteiger partial charge in [-0.25, -0.2) is 0 Å². The molecule has 0 saturated carbocycles. The summed E-state index contributed by atoms with van der Waals surface area (Å²) >= 11 is 0. The molecule has 2 aliphatic heterocycles. The summed E-state index contributed by atoms with van der Waals surface area (Å²) in [6.45, 7) is 3.57. The zero-order chi connectivity index (χ0) is 29.8. The molecule has 0 bridgehead atoms. The van der Waals surface area contributed by atoms with Crippen molar-refractivity contribution < 1.29 is 33.6 Å². The Morgan fingerprint density at radius 2 is 1.51 bits per heavy atom. The van der Waals surface area contributed by atoms with Gasteiger partial charge in [0.15, 0.2) is 23.0 Å². The number of nitrogens with zero attached hydrogens (tertiary/aromatic N) is 1. The minimum Gasteiger partial charge on any atom is -0.507 e. The molecule has 2 aliphatic rings. The Labute approximate surface area is 249 Å². The molecule has 1 N–H and O–H groups in total. The predicted octanol–water partition coefficient (Wildman–Crippen LogP) is 6.06. The molecule has 0 aromatic heterocycles. The Morgan fingerprint density at radius 3 is 2.23 bits per heavy atom. The summed E-state index contributed by atoms with van der Waals surface area (Å²) in [5.41, 5.74) is 2.79. The van der Waals surface area contributed by atoms with Gasteiger partial charge in [0.25, 0.3) is 11.7 Å². The largest absolute Gasteiger partial charge is 0.507 e. The molecular weight excluding hydrogens is 546 g/mol. The molecule has 1 saturated heterocycles. The first-order valence-corrected chi connectivity index (χ1v) is 14.2. The fourth-order valence-corrected chi connectivity index (χ4v) is 5.33. The van der Waals surface area contributed by atoms with Crippen LogP contribution in [0.3, 0.4) is 0 Å². The van der Waals surface area contributed by atoms with Crippen molar-refractivity contribution in [2.75, 3.05) is 19.8 Å². The number of aliphatic hydroxyl groups excluding tert-OH is 1. The van der Waals surface area contributed by atoms with Gasteiger partial charge in [-0.2, -0.15) is 0 Å². The highest BCUT2D eigenvalue weighted by molar-refractivity contribution is 6.46. The molecule has 0 radical (unpaired) electrons. The molecule has 0 aliphatic carbocycles. The van der Waals surface area contributed by atoms with Crippen LogP contribution in [0.5, 0.6) is 23.0 Å². The molecule has 0 spiro atoms. The van der Waals surface area contributed by atoms with Gasteiger partial charge in [-0.05, 0) is 53.9 Å². The van der Waals surface area contributed by atoms with Gasteiger partial charge in [-0.15, -0.1) is 0 Å². The molecule has 1 fully saturated rings. The highest BCUT2D eigenvalue weighted by Gasteiger charge is 2.46. The molecule has 4 aromatic carbocycles. The summed E-state index contributed by atoms with van der Waals surface area (Å²) in [6, 6.07) is 28.6. The molecule has 2 heterocycles. The lowest BCUT2D eigenvalue weighted by molar-refractivity contribution is -0.140. The monoisotopic (exact) mass is 577 g/mol. The fourth-order valence-electron chi connectivity index (χ4n) is 5.33. The fraction of sp³-hybridized carbons (Fsp3) is 0.200. The highest BCUT2D eigenvalue weighted by atomic mass is 16.6. The standard InChI is InChI=1S/C35H31NO7/c1-2-40-29-19-25(13-15-28(29)43-22-24-11-7-4-8-12-24)32-31(33(37)26-14-16-27-30(20-26)42-18-17-41-27)34(38)35(39)36(32)21-23-9-5-3-6-10-23/h3-16,19-20,32,37H,2,17-18,21-22H2,1H3/t32-/m0/s1. The summed E-state index contributed by atoms with van der Waals surface area (Å²) in [6.07, 6.45) is 0. The molecule has 4 aromatic rings. The van der Waals surface area contributed by atoms with Crippen molar-refractivity contribution in [2.45, 2.75) is 26.1 Å². The minimum atomic E-state index is -0.879. The summed E-state index contributed by atoms with van der Waals surface area (Å²) in [5, 5.41) is 11.6. The van der Waals surface area contributed by atoms with Crippen molar-refractivity contribution >= 4 is 17.4 Å². The van der Waals surface area contributed by atoms with Gasteiger partial charge in [-0.3, -0.25) is 9.59 Å². The van der Waals surface area contributed by atoms with Crippen LogP contribution in [0.4, 0.5) is 0 Å². The number of benzene rings is 4. The van der Waals surface area contributed by atoms with Crippen LogP contribution in [0.1, 0.15) is 35.2 Å². The van der Waals surface area contributed by atoms with Crippen LogP contribution in [0.15, 0.2) is 103 Å². The van der Waals surface area contributed by atoms with Crippen LogP contribution in [-0.4, -0.2) is 41.5 Å². The first-order valence-electron chi connectivity index (χ1n) is 14.2.